The summed E-state index contributed by atoms with van der Waals surface area (Å²) >= 11 is 3.04. The molecule has 0 radical (unpaired) electrons. The fraction of sp³-hybridized carbons (Fsp3) is 0.250. The van der Waals surface area contributed by atoms with Crippen molar-refractivity contribution in [2.24, 2.45) is 0 Å². The van der Waals surface area contributed by atoms with Crippen LogP contribution in [-0.4, -0.2) is 17.7 Å². The van der Waals surface area contributed by atoms with Gasteiger partial charge in [-0.05, 0) is 30.5 Å². The molecule has 1 atom stereocenters. The highest BCUT2D eigenvalue weighted by Crippen LogP contribution is 2.34. The topological polar surface area (TPSA) is 46.5 Å². The summed E-state index contributed by atoms with van der Waals surface area (Å²) < 4.78 is 4.78. The molecule has 17 heavy (non-hydrogen) atoms. The van der Waals surface area contributed by atoms with Crippen molar-refractivity contribution in [3.8, 4) is 9.75 Å². The normalized spacial score (nSPS) is 12.4. The van der Waals surface area contributed by atoms with Gasteiger partial charge >= 0.3 is 5.97 Å². The van der Waals surface area contributed by atoms with E-state index in [-0.39, 0.29) is 6.61 Å². The van der Waals surface area contributed by atoms with Gasteiger partial charge in [-0.3, -0.25) is 0 Å². The Morgan fingerprint density at radius 2 is 2.24 bits per heavy atom. The third-order valence-electron chi connectivity index (χ3n) is 2.17. The number of aliphatic hydroxyl groups excluding tert-OH is 1. The Morgan fingerprint density at radius 1 is 1.41 bits per heavy atom. The van der Waals surface area contributed by atoms with E-state index in [1.807, 2.05) is 23.6 Å². The van der Waals surface area contributed by atoms with Crippen molar-refractivity contribution in [3.63, 3.8) is 0 Å². The van der Waals surface area contributed by atoms with E-state index in [0.29, 0.717) is 4.88 Å². The summed E-state index contributed by atoms with van der Waals surface area (Å²) in [5.74, 6) is -0.591. The zero-order chi connectivity index (χ0) is 12.3. The Kier molecular flexibility index (Phi) is 3.93. The maximum absolute atomic E-state index is 11.4. The van der Waals surface area contributed by atoms with Gasteiger partial charge in [0.15, 0.2) is 6.10 Å². The van der Waals surface area contributed by atoms with Crippen LogP contribution in [0, 0.1) is 0 Å². The molecule has 0 aliphatic rings. The maximum atomic E-state index is 11.4. The highest BCUT2D eigenvalue weighted by Gasteiger charge is 2.20. The Morgan fingerprint density at radius 3 is 2.88 bits per heavy atom. The number of hydrogen-bond donors (Lipinski definition) is 1. The number of carbonyl (C=O) groups is 1. The van der Waals surface area contributed by atoms with Crippen molar-refractivity contribution < 1.29 is 14.6 Å². The summed E-state index contributed by atoms with van der Waals surface area (Å²) in [5.41, 5.74) is 0. The minimum atomic E-state index is -1.17. The molecule has 0 saturated carbocycles. The number of thiophene rings is 2. The van der Waals surface area contributed by atoms with E-state index in [4.69, 9.17) is 4.74 Å². The maximum Gasteiger partial charge on any atom is 0.340 e. The molecule has 2 heterocycles. The number of ether oxygens (including phenoxy) is 1. The molecule has 1 N–H and O–H groups in total. The third-order valence-corrected chi connectivity index (χ3v) is 4.37. The predicted octanol–water partition coefficient (Wildman–Crippen LogP) is 3.07. The SMILES string of the molecule is CCOC(=O)C(O)c1ccc(-c2cccs2)s1. The fourth-order valence-corrected chi connectivity index (χ4v) is 3.21. The molecule has 0 fully saturated rings. The van der Waals surface area contributed by atoms with Gasteiger partial charge in [-0.1, -0.05) is 6.07 Å². The lowest BCUT2D eigenvalue weighted by atomic mass is 10.3. The van der Waals surface area contributed by atoms with Crippen LogP contribution in [0.3, 0.4) is 0 Å². The molecule has 0 aliphatic heterocycles. The van der Waals surface area contributed by atoms with E-state index in [0.717, 1.165) is 9.75 Å². The molecular formula is C12H12O3S2. The van der Waals surface area contributed by atoms with E-state index < -0.39 is 12.1 Å². The van der Waals surface area contributed by atoms with Crippen molar-refractivity contribution in [3.05, 3.63) is 34.5 Å². The van der Waals surface area contributed by atoms with Crippen LogP contribution >= 0.6 is 22.7 Å². The first-order valence-corrected chi connectivity index (χ1v) is 6.90. The van der Waals surface area contributed by atoms with Gasteiger partial charge in [-0.25, -0.2) is 4.79 Å². The first-order chi connectivity index (χ1) is 8.22. The Hall–Kier alpha value is -1.17. The monoisotopic (exact) mass is 268 g/mol. The molecule has 1 unspecified atom stereocenters. The molecule has 0 saturated heterocycles. The zero-order valence-corrected chi connectivity index (χ0v) is 10.9. The summed E-state index contributed by atoms with van der Waals surface area (Å²) in [7, 11) is 0. The Labute approximate surface area is 107 Å². The van der Waals surface area contributed by atoms with Gasteiger partial charge in [-0.15, -0.1) is 22.7 Å². The molecule has 3 nitrogen and oxygen atoms in total. The fourth-order valence-electron chi connectivity index (χ4n) is 1.39. The third kappa shape index (κ3) is 2.74. The first kappa shape index (κ1) is 12.3. The lowest BCUT2D eigenvalue weighted by Gasteiger charge is -2.06. The second-order valence-corrected chi connectivity index (χ2v) is 5.40. The van der Waals surface area contributed by atoms with Crippen LogP contribution in [0.4, 0.5) is 0 Å². The summed E-state index contributed by atoms with van der Waals surface area (Å²) in [4.78, 5) is 14.2. The molecule has 5 heteroatoms. The predicted molar refractivity (Wildman–Crippen MR) is 69.2 cm³/mol. The lowest BCUT2D eigenvalue weighted by molar-refractivity contribution is -0.153. The second kappa shape index (κ2) is 5.44. The zero-order valence-electron chi connectivity index (χ0n) is 9.25. The van der Waals surface area contributed by atoms with Crippen molar-refractivity contribution in [1.29, 1.82) is 0 Å². The van der Waals surface area contributed by atoms with Crippen LogP contribution < -0.4 is 0 Å². The summed E-state index contributed by atoms with van der Waals surface area (Å²) in [6, 6.07) is 7.66. The minimum absolute atomic E-state index is 0.277. The van der Waals surface area contributed by atoms with E-state index >= 15 is 0 Å². The van der Waals surface area contributed by atoms with Crippen molar-refractivity contribution in [2.45, 2.75) is 13.0 Å². The molecule has 0 bridgehead atoms. The van der Waals surface area contributed by atoms with Gasteiger partial charge in [0.1, 0.15) is 0 Å². The van der Waals surface area contributed by atoms with E-state index in [1.54, 1.807) is 24.3 Å². The molecular weight excluding hydrogens is 256 g/mol. The molecule has 2 aromatic heterocycles. The molecule has 90 valence electrons. The van der Waals surface area contributed by atoms with Crippen LogP contribution in [0.5, 0.6) is 0 Å². The quantitative estimate of drug-likeness (QED) is 0.867. The van der Waals surface area contributed by atoms with Gasteiger partial charge in [0.25, 0.3) is 0 Å². The van der Waals surface area contributed by atoms with Crippen LogP contribution in [0.25, 0.3) is 9.75 Å². The largest absolute Gasteiger partial charge is 0.464 e. The van der Waals surface area contributed by atoms with Crippen molar-refractivity contribution >= 4 is 28.6 Å². The molecule has 0 spiro atoms. The van der Waals surface area contributed by atoms with Gasteiger partial charge in [0, 0.05) is 14.6 Å². The number of esters is 1. The number of carbonyl (C=O) groups excluding carboxylic acids is 1. The highest BCUT2D eigenvalue weighted by molar-refractivity contribution is 7.21. The van der Waals surface area contributed by atoms with Gasteiger partial charge in [-0.2, -0.15) is 0 Å². The van der Waals surface area contributed by atoms with Crippen LogP contribution in [0.15, 0.2) is 29.6 Å². The van der Waals surface area contributed by atoms with Crippen LogP contribution in [0.2, 0.25) is 0 Å². The van der Waals surface area contributed by atoms with Gasteiger partial charge in [0.2, 0.25) is 0 Å². The average Bonchev–Trinajstić information content (AvgIpc) is 2.98. The second-order valence-electron chi connectivity index (χ2n) is 3.33. The lowest BCUT2D eigenvalue weighted by Crippen LogP contribution is -2.14. The van der Waals surface area contributed by atoms with E-state index in [2.05, 4.69) is 0 Å². The van der Waals surface area contributed by atoms with Crippen LogP contribution in [0.1, 0.15) is 17.9 Å². The minimum Gasteiger partial charge on any atom is -0.464 e. The Bertz CT molecular complexity index is 488. The molecule has 2 aromatic rings. The molecule has 0 amide bonds. The van der Waals surface area contributed by atoms with Gasteiger partial charge in [0.05, 0.1) is 6.61 Å². The molecule has 2 rings (SSSR count). The number of hydrogen-bond acceptors (Lipinski definition) is 5. The molecule has 0 aliphatic carbocycles. The standard InChI is InChI=1S/C12H12O3S2/c1-2-15-12(14)11(13)10-6-5-9(17-10)8-4-3-7-16-8/h3-7,11,13H,2H2,1H3. The smallest absolute Gasteiger partial charge is 0.340 e. The van der Waals surface area contributed by atoms with Gasteiger partial charge < -0.3 is 9.84 Å². The van der Waals surface area contributed by atoms with Crippen LogP contribution in [-0.2, 0) is 9.53 Å². The summed E-state index contributed by atoms with van der Waals surface area (Å²) in [5, 5.41) is 11.8. The summed E-state index contributed by atoms with van der Waals surface area (Å²) in [6.07, 6.45) is -1.17. The van der Waals surface area contributed by atoms with Crippen molar-refractivity contribution in [1.82, 2.24) is 0 Å². The highest BCUT2D eigenvalue weighted by atomic mass is 32.1. The van der Waals surface area contributed by atoms with E-state index in [1.165, 1.54) is 11.3 Å². The van der Waals surface area contributed by atoms with Crippen molar-refractivity contribution in [2.75, 3.05) is 6.61 Å². The Balaban J connectivity index is 2.16. The number of rotatable bonds is 4. The summed E-state index contributed by atoms with van der Waals surface area (Å²) in [6.45, 7) is 2.00. The average molecular weight is 268 g/mol. The molecule has 0 aromatic carbocycles. The van der Waals surface area contributed by atoms with E-state index in [9.17, 15) is 9.90 Å². The number of aliphatic hydroxyl groups is 1. The first-order valence-electron chi connectivity index (χ1n) is 5.20.